The van der Waals surface area contributed by atoms with Crippen LogP contribution in [0.1, 0.15) is 11.5 Å². The molecule has 18 heavy (non-hydrogen) atoms. The van der Waals surface area contributed by atoms with Crippen molar-refractivity contribution in [1.29, 1.82) is 0 Å². The number of hydrogen-bond donors (Lipinski definition) is 5. The molecule has 5 nitrogen and oxygen atoms in total. The van der Waals surface area contributed by atoms with Gasteiger partial charge in [-0.3, -0.25) is 0 Å². The van der Waals surface area contributed by atoms with E-state index in [1.54, 1.807) is 0 Å². The van der Waals surface area contributed by atoms with Crippen LogP contribution in [0.2, 0.25) is 0 Å². The van der Waals surface area contributed by atoms with Gasteiger partial charge in [0, 0.05) is 50.9 Å². The zero-order valence-corrected chi connectivity index (χ0v) is 10.9. The van der Waals surface area contributed by atoms with Crippen LogP contribution in [0, 0.1) is 0 Å². The van der Waals surface area contributed by atoms with Gasteiger partial charge in [-0.25, -0.2) is 0 Å². The van der Waals surface area contributed by atoms with Crippen molar-refractivity contribution < 1.29 is 0 Å². The number of rotatable bonds is 9. The lowest BCUT2D eigenvalue weighted by Gasteiger charge is -2.19. The fourth-order valence-corrected chi connectivity index (χ4v) is 1.83. The van der Waals surface area contributed by atoms with Gasteiger partial charge in [0.25, 0.3) is 0 Å². The van der Waals surface area contributed by atoms with Gasteiger partial charge in [-0.05, 0) is 17.7 Å². The summed E-state index contributed by atoms with van der Waals surface area (Å²) >= 11 is 0. The Morgan fingerprint density at radius 1 is 0.889 bits per heavy atom. The molecule has 1 rings (SSSR count). The maximum absolute atomic E-state index is 5.71. The maximum atomic E-state index is 5.71. The number of hydrogen-bond acceptors (Lipinski definition) is 5. The molecule has 0 saturated heterocycles. The first-order valence-corrected chi connectivity index (χ1v) is 6.45. The third kappa shape index (κ3) is 5.46. The molecule has 0 saturated carbocycles. The minimum absolute atomic E-state index is 0.406. The molecule has 1 aromatic rings. The van der Waals surface area contributed by atoms with E-state index < -0.39 is 0 Å². The summed E-state index contributed by atoms with van der Waals surface area (Å²) in [5.41, 5.74) is 18.7. The summed E-state index contributed by atoms with van der Waals surface area (Å²) in [6, 6.07) is 8.03. The molecule has 0 spiro atoms. The Bertz CT molecular complexity index is 302. The monoisotopic (exact) mass is 251 g/mol. The van der Waals surface area contributed by atoms with Crippen LogP contribution >= 0.6 is 0 Å². The van der Waals surface area contributed by atoms with E-state index in [2.05, 4.69) is 22.8 Å². The van der Waals surface area contributed by atoms with E-state index in [-0.39, 0.29) is 0 Å². The van der Waals surface area contributed by atoms with Gasteiger partial charge >= 0.3 is 0 Å². The van der Waals surface area contributed by atoms with Crippen molar-refractivity contribution in [3.8, 4) is 0 Å². The first kappa shape index (κ1) is 14.9. The van der Waals surface area contributed by atoms with Crippen LogP contribution in [0.15, 0.2) is 24.3 Å². The Labute approximate surface area is 109 Å². The van der Waals surface area contributed by atoms with Crippen molar-refractivity contribution in [2.75, 3.05) is 45.0 Å². The average molecular weight is 251 g/mol. The van der Waals surface area contributed by atoms with Gasteiger partial charge in [0.1, 0.15) is 0 Å². The molecule has 0 aromatic heterocycles. The summed E-state index contributed by atoms with van der Waals surface area (Å²) < 4.78 is 0. The highest BCUT2D eigenvalue weighted by molar-refractivity contribution is 5.40. The third-order valence-corrected chi connectivity index (χ3v) is 2.83. The molecule has 0 heterocycles. The lowest BCUT2D eigenvalue weighted by Crippen LogP contribution is -2.34. The van der Waals surface area contributed by atoms with Crippen molar-refractivity contribution in [1.82, 2.24) is 10.6 Å². The zero-order chi connectivity index (χ0) is 13.2. The van der Waals surface area contributed by atoms with E-state index >= 15 is 0 Å². The molecule has 5 heteroatoms. The Morgan fingerprint density at radius 3 is 1.83 bits per heavy atom. The van der Waals surface area contributed by atoms with Gasteiger partial charge in [0.15, 0.2) is 0 Å². The molecule has 0 radical (unpaired) electrons. The molecule has 0 amide bonds. The number of benzene rings is 1. The lowest BCUT2D eigenvalue weighted by molar-refractivity contribution is 0.540. The molecule has 1 aromatic carbocycles. The van der Waals surface area contributed by atoms with E-state index in [9.17, 15) is 0 Å². The predicted octanol–water partition coefficient (Wildman–Crippen LogP) is -0.551. The topological polar surface area (TPSA) is 102 Å². The van der Waals surface area contributed by atoms with E-state index in [4.69, 9.17) is 17.2 Å². The van der Waals surface area contributed by atoms with Gasteiger partial charge in [-0.1, -0.05) is 12.1 Å². The molecule has 0 unspecified atom stereocenters. The van der Waals surface area contributed by atoms with E-state index in [1.165, 1.54) is 5.56 Å². The highest BCUT2D eigenvalue weighted by atomic mass is 14.9. The number of nitrogens with two attached hydrogens (primary N) is 3. The molecular weight excluding hydrogens is 226 g/mol. The van der Waals surface area contributed by atoms with Crippen LogP contribution in [0.25, 0.3) is 0 Å². The van der Waals surface area contributed by atoms with Gasteiger partial charge < -0.3 is 27.8 Å². The van der Waals surface area contributed by atoms with Crippen LogP contribution in [0.5, 0.6) is 0 Å². The van der Waals surface area contributed by atoms with Gasteiger partial charge in [-0.15, -0.1) is 0 Å². The Hall–Kier alpha value is -1.14. The SMILES string of the molecule is NCCNCC(CNCCN)c1ccc(N)cc1. The summed E-state index contributed by atoms with van der Waals surface area (Å²) in [7, 11) is 0. The smallest absolute Gasteiger partial charge is 0.0314 e. The van der Waals surface area contributed by atoms with Gasteiger partial charge in [0.2, 0.25) is 0 Å². The maximum Gasteiger partial charge on any atom is 0.0314 e. The van der Waals surface area contributed by atoms with Crippen LogP contribution in [-0.2, 0) is 0 Å². The third-order valence-electron chi connectivity index (χ3n) is 2.83. The van der Waals surface area contributed by atoms with Crippen molar-refractivity contribution in [3.05, 3.63) is 29.8 Å². The number of anilines is 1. The highest BCUT2D eigenvalue weighted by Crippen LogP contribution is 2.16. The predicted molar refractivity (Wildman–Crippen MR) is 77.4 cm³/mol. The summed E-state index contributed by atoms with van der Waals surface area (Å²) in [6.45, 7) is 4.79. The van der Waals surface area contributed by atoms with Crippen LogP contribution in [0.3, 0.4) is 0 Å². The van der Waals surface area contributed by atoms with Crippen LogP contribution in [-0.4, -0.2) is 39.3 Å². The summed E-state index contributed by atoms with van der Waals surface area (Å²) in [4.78, 5) is 0. The molecule has 0 bridgehead atoms. The molecule has 8 N–H and O–H groups in total. The quantitative estimate of drug-likeness (QED) is 0.299. The summed E-state index contributed by atoms with van der Waals surface area (Å²) in [6.07, 6.45) is 0. The van der Waals surface area contributed by atoms with Crippen molar-refractivity contribution in [3.63, 3.8) is 0 Å². The lowest BCUT2D eigenvalue weighted by atomic mass is 9.98. The second-order valence-electron chi connectivity index (χ2n) is 4.35. The second-order valence-corrected chi connectivity index (χ2v) is 4.35. The fraction of sp³-hybridized carbons (Fsp3) is 0.538. The molecule has 0 atom stereocenters. The summed E-state index contributed by atoms with van der Waals surface area (Å²) in [5.74, 6) is 0.406. The first-order valence-electron chi connectivity index (χ1n) is 6.45. The van der Waals surface area contributed by atoms with Crippen molar-refractivity contribution in [2.45, 2.75) is 5.92 Å². The largest absolute Gasteiger partial charge is 0.399 e. The van der Waals surface area contributed by atoms with E-state index in [0.717, 1.165) is 31.9 Å². The zero-order valence-electron chi connectivity index (χ0n) is 10.9. The Balaban J connectivity index is 2.54. The molecular formula is C13H25N5. The van der Waals surface area contributed by atoms with Gasteiger partial charge in [-0.2, -0.15) is 0 Å². The van der Waals surface area contributed by atoms with E-state index in [0.29, 0.717) is 19.0 Å². The number of nitrogen functional groups attached to an aromatic ring is 1. The first-order chi connectivity index (χ1) is 8.77. The minimum atomic E-state index is 0.406. The highest BCUT2D eigenvalue weighted by Gasteiger charge is 2.10. The second kappa shape index (κ2) is 8.88. The van der Waals surface area contributed by atoms with Crippen LogP contribution < -0.4 is 27.8 Å². The molecule has 0 fully saturated rings. The van der Waals surface area contributed by atoms with Crippen LogP contribution in [0.4, 0.5) is 5.69 Å². The average Bonchev–Trinajstić information content (AvgIpc) is 2.38. The minimum Gasteiger partial charge on any atom is -0.399 e. The normalized spacial score (nSPS) is 11.1. The molecule has 0 aliphatic rings. The molecule has 0 aliphatic carbocycles. The van der Waals surface area contributed by atoms with Gasteiger partial charge in [0.05, 0.1) is 0 Å². The molecule has 102 valence electrons. The summed E-state index contributed by atoms with van der Waals surface area (Å²) in [5, 5.41) is 6.70. The Morgan fingerprint density at radius 2 is 1.39 bits per heavy atom. The number of nitrogens with one attached hydrogen (secondary N) is 2. The van der Waals surface area contributed by atoms with E-state index in [1.807, 2.05) is 12.1 Å². The molecule has 0 aliphatic heterocycles. The standard InChI is InChI=1S/C13H25N5/c14-5-7-17-9-12(10-18-8-6-15)11-1-3-13(16)4-2-11/h1-4,12,17-18H,5-10,14-16H2. The Kier molecular flexibility index (Phi) is 7.36. The van der Waals surface area contributed by atoms with Crippen molar-refractivity contribution >= 4 is 5.69 Å². The van der Waals surface area contributed by atoms with Crippen molar-refractivity contribution in [2.24, 2.45) is 11.5 Å². The fourth-order valence-electron chi connectivity index (χ4n) is 1.83.